The van der Waals surface area contributed by atoms with E-state index in [1.54, 1.807) is 19.9 Å². The summed E-state index contributed by atoms with van der Waals surface area (Å²) >= 11 is 0. The van der Waals surface area contributed by atoms with Crippen LogP contribution < -0.4 is 0 Å². The van der Waals surface area contributed by atoms with Gasteiger partial charge in [0.15, 0.2) is 6.61 Å². The van der Waals surface area contributed by atoms with Crippen molar-refractivity contribution in [3.8, 4) is 0 Å². The van der Waals surface area contributed by atoms with Gasteiger partial charge in [0.25, 0.3) is 6.29 Å². The van der Waals surface area contributed by atoms with E-state index >= 15 is 0 Å². The maximum Gasteiger partial charge on any atom is 0.333 e. The molecule has 1 N–H and O–H groups in total. The molecule has 0 bridgehead atoms. The molecule has 4 aliphatic carbocycles. The van der Waals surface area contributed by atoms with Crippen molar-refractivity contribution < 1.29 is 38.4 Å². The fourth-order valence-electron chi connectivity index (χ4n) is 4.51. The second-order valence-electron chi connectivity index (χ2n) is 10.4. The Bertz CT molecular complexity index is 993. The number of ether oxygens (including phenoxy) is 5. The SMILES string of the molecule is C=C(C)C(=O)OCC(OC1=CCCC1)OC1=CCCC1.CC(=CCC(OC1=CCCC1)OC1=CCCC1)C(=O)O. The van der Waals surface area contributed by atoms with Crippen LogP contribution in [0.25, 0.3) is 0 Å². The summed E-state index contributed by atoms with van der Waals surface area (Å²) in [4.78, 5) is 22.3. The van der Waals surface area contributed by atoms with Gasteiger partial charge < -0.3 is 28.8 Å². The van der Waals surface area contributed by atoms with Crippen LogP contribution in [0.2, 0.25) is 0 Å². The second-order valence-corrected chi connectivity index (χ2v) is 10.4. The monoisotopic (exact) mass is 556 g/mol. The van der Waals surface area contributed by atoms with Crippen molar-refractivity contribution in [2.45, 2.75) is 110 Å². The van der Waals surface area contributed by atoms with Gasteiger partial charge in [-0.2, -0.15) is 0 Å². The summed E-state index contributed by atoms with van der Waals surface area (Å²) in [5.41, 5.74) is 0.701. The lowest BCUT2D eigenvalue weighted by Gasteiger charge is -2.21. The van der Waals surface area contributed by atoms with Gasteiger partial charge in [-0.15, -0.1) is 0 Å². The number of carbonyl (C=O) groups is 2. The Balaban J connectivity index is 0.000000220. The van der Waals surface area contributed by atoms with E-state index in [4.69, 9.17) is 28.8 Å². The molecule has 0 spiro atoms. The molecular formula is C32H44O8. The van der Waals surface area contributed by atoms with Crippen LogP contribution in [-0.2, 0) is 33.3 Å². The molecule has 0 atom stereocenters. The molecule has 0 aromatic heterocycles. The maximum atomic E-state index is 11.5. The van der Waals surface area contributed by atoms with Crippen LogP contribution in [0.4, 0.5) is 0 Å². The van der Waals surface area contributed by atoms with E-state index in [0.29, 0.717) is 17.6 Å². The summed E-state index contributed by atoms with van der Waals surface area (Å²) in [7, 11) is 0. The topological polar surface area (TPSA) is 101 Å². The molecule has 8 nitrogen and oxygen atoms in total. The van der Waals surface area contributed by atoms with E-state index < -0.39 is 24.5 Å². The lowest BCUT2D eigenvalue weighted by atomic mass is 10.2. The van der Waals surface area contributed by atoms with Crippen molar-refractivity contribution in [1.29, 1.82) is 0 Å². The Labute approximate surface area is 238 Å². The number of hydrogen-bond donors (Lipinski definition) is 1. The molecule has 0 heterocycles. The Kier molecular flexibility index (Phi) is 12.9. The molecular weight excluding hydrogens is 512 g/mol. The van der Waals surface area contributed by atoms with Gasteiger partial charge in [0.1, 0.15) is 0 Å². The Morgan fingerprint density at radius 2 is 1.18 bits per heavy atom. The largest absolute Gasteiger partial charge is 0.478 e. The van der Waals surface area contributed by atoms with E-state index in [9.17, 15) is 9.59 Å². The summed E-state index contributed by atoms with van der Waals surface area (Å²) in [6, 6.07) is 0. The molecule has 40 heavy (non-hydrogen) atoms. The number of rotatable bonds is 14. The fourth-order valence-corrected chi connectivity index (χ4v) is 4.51. The molecule has 0 aliphatic heterocycles. The minimum absolute atomic E-state index is 0.0837. The third kappa shape index (κ3) is 11.4. The molecule has 4 rings (SSSR count). The van der Waals surface area contributed by atoms with Crippen LogP contribution in [-0.4, -0.2) is 36.2 Å². The Morgan fingerprint density at radius 1 is 0.775 bits per heavy atom. The molecule has 0 radical (unpaired) electrons. The summed E-state index contributed by atoms with van der Waals surface area (Å²) < 4.78 is 28.5. The third-order valence-electron chi connectivity index (χ3n) is 6.78. The van der Waals surface area contributed by atoms with Crippen molar-refractivity contribution in [2.24, 2.45) is 0 Å². The first-order valence-electron chi connectivity index (χ1n) is 14.5. The summed E-state index contributed by atoms with van der Waals surface area (Å²) in [6.45, 7) is 6.85. The van der Waals surface area contributed by atoms with E-state index in [2.05, 4.69) is 30.9 Å². The molecule has 0 unspecified atom stereocenters. The van der Waals surface area contributed by atoms with E-state index in [-0.39, 0.29) is 6.61 Å². The van der Waals surface area contributed by atoms with Crippen molar-refractivity contribution in [1.82, 2.24) is 0 Å². The lowest BCUT2D eigenvalue weighted by Crippen LogP contribution is -2.25. The standard InChI is InChI=1S/2C16H22O4/c1-12(2)16(17)18-11-15(19-13-7-3-4-8-13)20-14-9-5-6-10-14;1-12(16(17)18)10-11-15(19-13-6-2-3-7-13)20-14-8-4-5-9-14/h7,9,15H,1,3-6,8,10-11H2,2H3;6,8,10,15H,2-5,7,9,11H2,1H3,(H,17,18). The number of allylic oxidation sites excluding steroid dienone is 8. The van der Waals surface area contributed by atoms with Crippen LogP contribution in [0.5, 0.6) is 0 Å². The minimum atomic E-state index is -0.899. The molecule has 220 valence electrons. The smallest absolute Gasteiger partial charge is 0.333 e. The fraction of sp³-hybridized carbons (Fsp3) is 0.562. The number of aliphatic carboxylic acids is 1. The van der Waals surface area contributed by atoms with E-state index in [0.717, 1.165) is 100 Å². The van der Waals surface area contributed by atoms with E-state index in [1.165, 1.54) is 0 Å². The predicted octanol–water partition coefficient (Wildman–Crippen LogP) is 7.50. The van der Waals surface area contributed by atoms with Gasteiger partial charge in [-0.25, -0.2) is 9.59 Å². The van der Waals surface area contributed by atoms with Gasteiger partial charge in [-0.05, 0) is 89.5 Å². The average molecular weight is 557 g/mol. The normalized spacial score (nSPS) is 18.4. The first-order valence-corrected chi connectivity index (χ1v) is 14.5. The molecule has 4 aliphatic rings. The molecule has 0 saturated carbocycles. The van der Waals surface area contributed by atoms with Gasteiger partial charge in [-0.3, -0.25) is 0 Å². The number of hydrogen-bond acceptors (Lipinski definition) is 7. The van der Waals surface area contributed by atoms with Crippen molar-refractivity contribution >= 4 is 11.9 Å². The van der Waals surface area contributed by atoms with Crippen LogP contribution in [0, 0.1) is 0 Å². The van der Waals surface area contributed by atoms with Crippen molar-refractivity contribution in [3.63, 3.8) is 0 Å². The van der Waals surface area contributed by atoms with Crippen LogP contribution >= 0.6 is 0 Å². The molecule has 0 aromatic rings. The zero-order valence-corrected chi connectivity index (χ0v) is 24.0. The average Bonchev–Trinajstić information content (AvgIpc) is 3.75. The minimum Gasteiger partial charge on any atom is -0.478 e. The van der Waals surface area contributed by atoms with Gasteiger partial charge in [0.2, 0.25) is 6.29 Å². The first kappa shape index (κ1) is 31.1. The summed E-state index contributed by atoms with van der Waals surface area (Å²) in [6.07, 6.45) is 21.8. The van der Waals surface area contributed by atoms with E-state index in [1.807, 2.05) is 0 Å². The van der Waals surface area contributed by atoms with Gasteiger partial charge in [0.05, 0.1) is 23.0 Å². The van der Waals surface area contributed by atoms with Gasteiger partial charge in [-0.1, -0.05) is 12.7 Å². The summed E-state index contributed by atoms with van der Waals surface area (Å²) in [5.74, 6) is 2.48. The highest BCUT2D eigenvalue weighted by atomic mass is 16.7. The Morgan fingerprint density at radius 3 is 1.50 bits per heavy atom. The highest BCUT2D eigenvalue weighted by Crippen LogP contribution is 2.27. The van der Waals surface area contributed by atoms with Crippen LogP contribution in [0.1, 0.15) is 97.3 Å². The van der Waals surface area contributed by atoms with Crippen molar-refractivity contribution in [3.05, 3.63) is 71.1 Å². The first-order chi connectivity index (χ1) is 19.3. The zero-order valence-electron chi connectivity index (χ0n) is 24.0. The van der Waals surface area contributed by atoms with Crippen molar-refractivity contribution in [2.75, 3.05) is 6.61 Å². The molecule has 0 saturated heterocycles. The highest BCUT2D eigenvalue weighted by Gasteiger charge is 2.21. The van der Waals surface area contributed by atoms with Crippen LogP contribution in [0.15, 0.2) is 71.1 Å². The van der Waals surface area contributed by atoms with Gasteiger partial charge >= 0.3 is 11.9 Å². The molecule has 0 aromatic carbocycles. The van der Waals surface area contributed by atoms with Crippen LogP contribution in [0.3, 0.4) is 0 Å². The third-order valence-corrected chi connectivity index (χ3v) is 6.78. The highest BCUT2D eigenvalue weighted by molar-refractivity contribution is 5.87. The Hall–Kier alpha value is -3.42. The quantitative estimate of drug-likeness (QED) is 0.133. The lowest BCUT2D eigenvalue weighted by molar-refractivity contribution is -0.159. The number of carbonyl (C=O) groups excluding carboxylic acids is 1. The number of carboxylic acids is 1. The molecule has 0 fully saturated rings. The molecule has 8 heteroatoms. The number of carboxylic acid groups (broad SMARTS) is 1. The predicted molar refractivity (Wildman–Crippen MR) is 151 cm³/mol. The zero-order chi connectivity index (χ0) is 28.7. The summed E-state index contributed by atoms with van der Waals surface area (Å²) in [5, 5.41) is 8.89. The molecule has 0 amide bonds. The van der Waals surface area contributed by atoms with Gasteiger partial charge in [0, 0.05) is 43.3 Å². The second kappa shape index (κ2) is 16.6. The number of esters is 1. The maximum absolute atomic E-state index is 11.5.